The predicted octanol–water partition coefficient (Wildman–Crippen LogP) is 2.05. The summed E-state index contributed by atoms with van der Waals surface area (Å²) in [6.45, 7) is -0.212. The van der Waals surface area contributed by atoms with Crippen LogP contribution in [-0.4, -0.2) is 40.2 Å². The van der Waals surface area contributed by atoms with Gasteiger partial charge < -0.3 is 15.5 Å². The normalized spacial score (nSPS) is 22.1. The van der Waals surface area contributed by atoms with Gasteiger partial charge in [0, 0.05) is 24.8 Å². The van der Waals surface area contributed by atoms with Crippen LogP contribution in [0, 0.1) is 11.3 Å². The monoisotopic (exact) mass is 429 g/mol. The Bertz CT molecular complexity index is 1140. The van der Waals surface area contributed by atoms with Crippen molar-refractivity contribution in [2.45, 2.75) is 24.1 Å². The van der Waals surface area contributed by atoms with Crippen molar-refractivity contribution in [2.24, 2.45) is 0 Å². The molecule has 0 aliphatic carbocycles. The van der Waals surface area contributed by atoms with Crippen LogP contribution in [0.5, 0.6) is 0 Å². The number of para-hydroxylation sites is 1. The maximum atomic E-state index is 12.8. The van der Waals surface area contributed by atoms with E-state index >= 15 is 0 Å². The lowest BCUT2D eigenvalue weighted by Crippen LogP contribution is -2.44. The molecule has 8 nitrogen and oxygen atoms in total. The summed E-state index contributed by atoms with van der Waals surface area (Å²) < 4.78 is 38.5. The van der Waals surface area contributed by atoms with Crippen molar-refractivity contribution in [1.82, 2.24) is 9.88 Å². The Morgan fingerprint density at radius 2 is 2.03 bits per heavy atom. The number of amides is 3. The van der Waals surface area contributed by atoms with E-state index in [0.717, 1.165) is 17.2 Å². The number of rotatable bonds is 1. The van der Waals surface area contributed by atoms with Gasteiger partial charge in [-0.25, -0.2) is 4.98 Å². The number of likely N-dealkylation sites (tertiary alicyclic amines) is 1. The molecule has 1 unspecified atom stereocenters. The van der Waals surface area contributed by atoms with Gasteiger partial charge in [-0.2, -0.15) is 18.4 Å². The number of benzene rings is 1. The molecule has 1 spiro atoms. The minimum Gasteiger partial charge on any atom is -0.325 e. The third-order valence-electron chi connectivity index (χ3n) is 5.42. The average Bonchev–Trinajstić information content (AvgIpc) is 3.26. The summed E-state index contributed by atoms with van der Waals surface area (Å²) in [5, 5.41) is 14.3. The molecule has 3 amide bonds. The van der Waals surface area contributed by atoms with Gasteiger partial charge in [0.15, 0.2) is 0 Å². The molecule has 11 heteroatoms. The number of nitrogens with one attached hydrogen (secondary N) is 2. The Hall–Kier alpha value is -3.94. The number of fused-ring (bicyclic) bond motifs is 2. The lowest BCUT2D eigenvalue weighted by atomic mass is 9.80. The highest BCUT2D eigenvalue weighted by molar-refractivity contribution is 6.39. The molecule has 158 valence electrons. The van der Waals surface area contributed by atoms with Gasteiger partial charge in [-0.3, -0.25) is 14.4 Å². The van der Waals surface area contributed by atoms with Gasteiger partial charge >= 0.3 is 18.0 Å². The fourth-order valence-corrected chi connectivity index (χ4v) is 3.94. The molecule has 0 bridgehead atoms. The van der Waals surface area contributed by atoms with Crippen molar-refractivity contribution in [3.05, 3.63) is 53.7 Å². The number of alkyl halides is 3. The highest BCUT2D eigenvalue weighted by Crippen LogP contribution is 2.46. The van der Waals surface area contributed by atoms with Crippen LogP contribution in [0.1, 0.15) is 17.5 Å². The smallest absolute Gasteiger partial charge is 0.325 e. The molecule has 2 atom stereocenters. The summed E-state index contributed by atoms with van der Waals surface area (Å²) in [6, 6.07) is 9.04. The van der Waals surface area contributed by atoms with Crippen LogP contribution in [0.4, 0.5) is 24.7 Å². The van der Waals surface area contributed by atoms with E-state index in [1.165, 1.54) is 0 Å². The number of hydrogen-bond donors (Lipinski definition) is 2. The van der Waals surface area contributed by atoms with E-state index in [9.17, 15) is 32.8 Å². The van der Waals surface area contributed by atoms with Gasteiger partial charge in [0.2, 0.25) is 5.91 Å². The zero-order valence-electron chi connectivity index (χ0n) is 15.7. The first kappa shape index (κ1) is 20.3. The van der Waals surface area contributed by atoms with E-state index < -0.39 is 40.8 Å². The molecule has 1 aromatic heterocycles. The molecule has 31 heavy (non-hydrogen) atoms. The Morgan fingerprint density at radius 3 is 2.74 bits per heavy atom. The highest BCUT2D eigenvalue weighted by atomic mass is 19.4. The van der Waals surface area contributed by atoms with Gasteiger partial charge in [-0.05, 0) is 23.8 Å². The summed E-state index contributed by atoms with van der Waals surface area (Å²) in [6.07, 6.45) is -3.80. The van der Waals surface area contributed by atoms with Crippen molar-refractivity contribution in [1.29, 1.82) is 5.26 Å². The third kappa shape index (κ3) is 3.35. The largest absolute Gasteiger partial charge is 0.416 e. The number of anilines is 2. The van der Waals surface area contributed by atoms with E-state index in [4.69, 9.17) is 0 Å². The lowest BCUT2D eigenvalue weighted by molar-refractivity contribution is -0.143. The van der Waals surface area contributed by atoms with E-state index in [2.05, 4.69) is 10.3 Å². The number of carbonyl (C=O) groups is 3. The maximum Gasteiger partial charge on any atom is 0.416 e. The van der Waals surface area contributed by atoms with E-state index in [1.54, 1.807) is 24.3 Å². The standard InChI is InChI=1S/C20H14F3N5O3/c21-20(22,23)11-5-6-25-15(7-11)27-16(29)17(30)28-10-19(8-12(28)9-24)13-3-1-2-4-14(13)26-18(19)31/h1-7,12H,8,10H2,(H,26,31)(H,25,27,29)/t12?,19-/m0/s1. The summed E-state index contributed by atoms with van der Waals surface area (Å²) in [5.41, 5.74) is -1.03. The molecule has 2 aliphatic heterocycles. The molecule has 1 saturated heterocycles. The van der Waals surface area contributed by atoms with E-state index in [1.807, 2.05) is 11.4 Å². The van der Waals surface area contributed by atoms with Crippen LogP contribution >= 0.6 is 0 Å². The van der Waals surface area contributed by atoms with Crippen LogP contribution in [-0.2, 0) is 26.0 Å². The van der Waals surface area contributed by atoms with Crippen molar-refractivity contribution < 1.29 is 27.6 Å². The molecule has 1 fully saturated rings. The number of nitrogens with zero attached hydrogens (tertiary/aromatic N) is 3. The molecule has 1 aromatic carbocycles. The van der Waals surface area contributed by atoms with Crippen LogP contribution < -0.4 is 10.6 Å². The van der Waals surface area contributed by atoms with Gasteiger partial charge in [0.05, 0.1) is 17.0 Å². The van der Waals surface area contributed by atoms with Crippen LogP contribution in [0.3, 0.4) is 0 Å². The Morgan fingerprint density at radius 1 is 1.29 bits per heavy atom. The number of aromatic nitrogens is 1. The lowest BCUT2D eigenvalue weighted by Gasteiger charge is -2.22. The molecule has 0 saturated carbocycles. The Balaban J connectivity index is 1.57. The molecular weight excluding hydrogens is 415 g/mol. The third-order valence-corrected chi connectivity index (χ3v) is 5.42. The molecule has 0 radical (unpaired) electrons. The molecule has 2 aliphatic rings. The number of carbonyl (C=O) groups excluding carboxylic acids is 3. The number of pyridine rings is 1. The Kier molecular flexibility index (Phi) is 4.65. The highest BCUT2D eigenvalue weighted by Gasteiger charge is 2.56. The first-order valence-corrected chi connectivity index (χ1v) is 9.11. The summed E-state index contributed by atoms with van der Waals surface area (Å²) >= 11 is 0. The minimum absolute atomic E-state index is 0.00677. The van der Waals surface area contributed by atoms with Gasteiger partial charge in [-0.15, -0.1) is 0 Å². The van der Waals surface area contributed by atoms with Gasteiger partial charge in [0.1, 0.15) is 11.9 Å². The molecule has 2 aromatic rings. The fourth-order valence-electron chi connectivity index (χ4n) is 3.94. The SMILES string of the molecule is N#CC1C[C@@]2(CN1C(=O)C(=O)Nc1cc(C(F)(F)F)ccn1)C(=O)Nc1ccccc12. The second-order valence-corrected chi connectivity index (χ2v) is 7.25. The second kappa shape index (κ2) is 7.09. The summed E-state index contributed by atoms with van der Waals surface area (Å²) in [5.74, 6) is -3.24. The second-order valence-electron chi connectivity index (χ2n) is 7.25. The first-order chi connectivity index (χ1) is 14.7. The molecule has 4 rings (SSSR count). The topological polar surface area (TPSA) is 115 Å². The number of hydrogen-bond acceptors (Lipinski definition) is 5. The van der Waals surface area contributed by atoms with Gasteiger partial charge in [0.25, 0.3) is 0 Å². The molecule has 3 heterocycles. The number of nitriles is 1. The zero-order chi connectivity index (χ0) is 22.4. The summed E-state index contributed by atoms with van der Waals surface area (Å²) in [7, 11) is 0. The zero-order valence-corrected chi connectivity index (χ0v) is 15.7. The summed E-state index contributed by atoms with van der Waals surface area (Å²) in [4.78, 5) is 42.4. The first-order valence-electron chi connectivity index (χ1n) is 9.11. The van der Waals surface area contributed by atoms with E-state index in [-0.39, 0.29) is 18.9 Å². The minimum atomic E-state index is -4.65. The Labute approximate surface area is 173 Å². The number of halogens is 3. The predicted molar refractivity (Wildman–Crippen MR) is 100 cm³/mol. The van der Waals surface area contributed by atoms with Crippen molar-refractivity contribution in [3.8, 4) is 6.07 Å². The van der Waals surface area contributed by atoms with E-state index in [0.29, 0.717) is 17.3 Å². The quantitative estimate of drug-likeness (QED) is 0.674. The van der Waals surface area contributed by atoms with Crippen LogP contribution in [0.2, 0.25) is 0 Å². The maximum absolute atomic E-state index is 12.8. The van der Waals surface area contributed by atoms with Crippen LogP contribution in [0.15, 0.2) is 42.6 Å². The van der Waals surface area contributed by atoms with Crippen molar-refractivity contribution >= 4 is 29.2 Å². The van der Waals surface area contributed by atoms with Gasteiger partial charge in [-0.1, -0.05) is 18.2 Å². The molecular formula is C20H14F3N5O3. The van der Waals surface area contributed by atoms with Crippen molar-refractivity contribution in [3.63, 3.8) is 0 Å². The van der Waals surface area contributed by atoms with Crippen molar-refractivity contribution in [2.75, 3.05) is 17.2 Å². The fraction of sp³-hybridized carbons (Fsp3) is 0.250. The average molecular weight is 429 g/mol. The molecule has 2 N–H and O–H groups in total. The van der Waals surface area contributed by atoms with Crippen LogP contribution in [0.25, 0.3) is 0 Å².